The molecule has 0 saturated heterocycles. The van der Waals surface area contributed by atoms with E-state index in [0.29, 0.717) is 24.7 Å². The van der Waals surface area contributed by atoms with Crippen LogP contribution in [0.5, 0.6) is 5.75 Å². The van der Waals surface area contributed by atoms with Gasteiger partial charge in [-0.1, -0.05) is 18.5 Å². The van der Waals surface area contributed by atoms with Crippen molar-refractivity contribution in [1.29, 1.82) is 0 Å². The highest BCUT2D eigenvalue weighted by molar-refractivity contribution is 7.89. The third-order valence-corrected chi connectivity index (χ3v) is 4.66. The molecule has 0 fully saturated rings. The van der Waals surface area contributed by atoms with Crippen molar-refractivity contribution in [3.05, 3.63) is 23.2 Å². The molecule has 1 aromatic carbocycles. The predicted molar refractivity (Wildman–Crippen MR) is 99.0 cm³/mol. The first-order valence-electron chi connectivity index (χ1n) is 7.56. The number of benzene rings is 1. The Morgan fingerprint density at radius 1 is 1.25 bits per heavy atom. The van der Waals surface area contributed by atoms with Crippen LogP contribution in [0.25, 0.3) is 0 Å². The van der Waals surface area contributed by atoms with Crippen molar-refractivity contribution in [3.8, 4) is 5.75 Å². The number of ether oxygens (including phenoxy) is 2. The lowest BCUT2D eigenvalue weighted by molar-refractivity contribution is 0.0901. The highest BCUT2D eigenvalue weighted by Crippen LogP contribution is 2.28. The normalized spacial score (nSPS) is 12.5. The van der Waals surface area contributed by atoms with Gasteiger partial charge in [-0.25, -0.2) is 13.1 Å². The number of sulfonamides is 1. The van der Waals surface area contributed by atoms with Gasteiger partial charge in [-0.3, -0.25) is 0 Å². The summed E-state index contributed by atoms with van der Waals surface area (Å²) in [6.07, 6.45) is 0.720. The Hall–Kier alpha value is -0.570. The van der Waals surface area contributed by atoms with E-state index in [-0.39, 0.29) is 29.2 Å². The zero-order valence-electron chi connectivity index (χ0n) is 14.2. The summed E-state index contributed by atoms with van der Waals surface area (Å²) in [5.74, 6) is 0.257. The van der Waals surface area contributed by atoms with Gasteiger partial charge in [-0.2, -0.15) is 0 Å². The summed E-state index contributed by atoms with van der Waals surface area (Å²) in [4.78, 5) is 0.0310. The Bertz CT molecular complexity index is 585. The minimum Gasteiger partial charge on any atom is -0.487 e. The number of methoxy groups -OCH3 is 1. The van der Waals surface area contributed by atoms with Crippen LogP contribution in [-0.4, -0.2) is 47.9 Å². The molecule has 0 bridgehead atoms. The molecule has 24 heavy (non-hydrogen) atoms. The lowest BCUT2D eigenvalue weighted by atomic mass is 10.3. The van der Waals surface area contributed by atoms with E-state index in [0.717, 1.165) is 13.0 Å². The van der Waals surface area contributed by atoms with Crippen molar-refractivity contribution in [3.63, 3.8) is 0 Å². The van der Waals surface area contributed by atoms with E-state index in [1.165, 1.54) is 6.07 Å². The van der Waals surface area contributed by atoms with Crippen LogP contribution in [-0.2, 0) is 14.8 Å². The summed E-state index contributed by atoms with van der Waals surface area (Å²) in [6.45, 7) is 5.91. The monoisotopic (exact) mass is 400 g/mol. The largest absolute Gasteiger partial charge is 0.487 e. The summed E-state index contributed by atoms with van der Waals surface area (Å²) in [5.41, 5.74) is 0. The molecule has 0 aliphatic rings. The number of halogens is 2. The van der Waals surface area contributed by atoms with Crippen molar-refractivity contribution < 1.29 is 17.9 Å². The second-order valence-corrected chi connectivity index (χ2v) is 7.29. The van der Waals surface area contributed by atoms with Crippen LogP contribution in [0.2, 0.25) is 5.02 Å². The van der Waals surface area contributed by atoms with E-state index >= 15 is 0 Å². The highest BCUT2D eigenvalue weighted by atomic mass is 35.5. The van der Waals surface area contributed by atoms with Crippen LogP contribution in [0, 0.1) is 0 Å². The molecule has 2 N–H and O–H groups in total. The van der Waals surface area contributed by atoms with Gasteiger partial charge in [-0.15, -0.1) is 12.4 Å². The Kier molecular flexibility index (Phi) is 11.6. The van der Waals surface area contributed by atoms with Gasteiger partial charge in [-0.05, 0) is 38.1 Å². The van der Waals surface area contributed by atoms with Crippen molar-refractivity contribution in [1.82, 2.24) is 10.0 Å². The van der Waals surface area contributed by atoms with E-state index in [9.17, 15) is 8.42 Å². The smallest absolute Gasteiger partial charge is 0.244 e. The maximum atomic E-state index is 12.5. The molecule has 140 valence electrons. The van der Waals surface area contributed by atoms with Crippen molar-refractivity contribution in [2.24, 2.45) is 0 Å². The van der Waals surface area contributed by atoms with E-state index in [2.05, 4.69) is 10.0 Å². The molecule has 1 atom stereocenters. The first-order chi connectivity index (χ1) is 10.9. The van der Waals surface area contributed by atoms with Crippen molar-refractivity contribution in [2.45, 2.75) is 31.3 Å². The fourth-order valence-corrected chi connectivity index (χ4v) is 3.35. The fourth-order valence-electron chi connectivity index (χ4n) is 1.93. The standard InChI is InChI=1S/C15H25ClN2O4S.ClH/c1-4-7-17-8-9-18-23(19,20)15-10-13(16)5-6-14(15)22-12(2)11-21-3;/h5-6,10,12,17-18H,4,7-9,11H2,1-3H3;1H. The van der Waals surface area contributed by atoms with Gasteiger partial charge in [0, 0.05) is 25.2 Å². The Morgan fingerprint density at radius 3 is 2.58 bits per heavy atom. The quantitative estimate of drug-likeness (QED) is 0.557. The second-order valence-electron chi connectivity index (χ2n) is 5.12. The molecule has 0 aliphatic heterocycles. The maximum absolute atomic E-state index is 12.5. The van der Waals surface area contributed by atoms with E-state index in [1.54, 1.807) is 26.2 Å². The molecule has 1 aromatic rings. The SMILES string of the molecule is CCCNCCNS(=O)(=O)c1cc(Cl)ccc1OC(C)COC.Cl. The minimum absolute atomic E-state index is 0. The Morgan fingerprint density at radius 2 is 1.96 bits per heavy atom. The third-order valence-electron chi connectivity index (χ3n) is 2.95. The van der Waals surface area contributed by atoms with Gasteiger partial charge in [0.15, 0.2) is 0 Å². The lowest BCUT2D eigenvalue weighted by Gasteiger charge is -2.17. The van der Waals surface area contributed by atoms with Crippen LogP contribution in [0.15, 0.2) is 23.1 Å². The number of hydrogen-bond donors (Lipinski definition) is 2. The first-order valence-corrected chi connectivity index (χ1v) is 9.42. The average molecular weight is 401 g/mol. The number of rotatable bonds is 11. The van der Waals surface area contributed by atoms with Crippen LogP contribution in [0.3, 0.4) is 0 Å². The summed E-state index contributed by atoms with van der Waals surface area (Å²) in [6, 6.07) is 4.54. The molecule has 0 spiro atoms. The zero-order valence-corrected chi connectivity index (χ0v) is 16.6. The van der Waals surface area contributed by atoms with Crippen LogP contribution >= 0.6 is 24.0 Å². The molecule has 0 amide bonds. The summed E-state index contributed by atoms with van der Waals surface area (Å²) >= 11 is 5.94. The van der Waals surface area contributed by atoms with Gasteiger partial charge >= 0.3 is 0 Å². The molecule has 9 heteroatoms. The zero-order chi connectivity index (χ0) is 17.3. The first kappa shape index (κ1) is 23.4. The molecule has 0 radical (unpaired) electrons. The fraction of sp³-hybridized carbons (Fsp3) is 0.600. The van der Waals surface area contributed by atoms with E-state index in [4.69, 9.17) is 21.1 Å². The van der Waals surface area contributed by atoms with Gasteiger partial charge in [0.05, 0.1) is 6.61 Å². The van der Waals surface area contributed by atoms with Gasteiger partial charge in [0.25, 0.3) is 0 Å². The molecular weight excluding hydrogens is 375 g/mol. The molecule has 1 unspecified atom stereocenters. The van der Waals surface area contributed by atoms with E-state index < -0.39 is 10.0 Å². The van der Waals surface area contributed by atoms with Gasteiger partial charge < -0.3 is 14.8 Å². The molecule has 0 saturated carbocycles. The maximum Gasteiger partial charge on any atom is 0.244 e. The number of hydrogen-bond acceptors (Lipinski definition) is 5. The number of nitrogens with one attached hydrogen (secondary N) is 2. The average Bonchev–Trinajstić information content (AvgIpc) is 2.49. The topological polar surface area (TPSA) is 76.7 Å². The summed E-state index contributed by atoms with van der Waals surface area (Å²) in [5, 5.41) is 3.47. The highest BCUT2D eigenvalue weighted by Gasteiger charge is 2.21. The molecule has 0 heterocycles. The summed E-state index contributed by atoms with van der Waals surface area (Å²) in [7, 11) is -2.14. The van der Waals surface area contributed by atoms with Crippen LogP contribution in [0.1, 0.15) is 20.3 Å². The van der Waals surface area contributed by atoms with Crippen molar-refractivity contribution in [2.75, 3.05) is 33.4 Å². The molecular formula is C15H26Cl2N2O4S. The van der Waals surface area contributed by atoms with Crippen molar-refractivity contribution >= 4 is 34.0 Å². The lowest BCUT2D eigenvalue weighted by Crippen LogP contribution is -2.32. The molecule has 6 nitrogen and oxygen atoms in total. The summed E-state index contributed by atoms with van der Waals surface area (Å²) < 4.78 is 38.1. The Labute approximate surface area is 155 Å². The third kappa shape index (κ3) is 8.00. The second kappa shape index (κ2) is 11.9. The van der Waals surface area contributed by atoms with E-state index in [1.807, 2.05) is 6.92 Å². The Balaban J connectivity index is 0.00000529. The molecule has 1 rings (SSSR count). The minimum atomic E-state index is -3.70. The van der Waals surface area contributed by atoms with Crippen LogP contribution < -0.4 is 14.8 Å². The van der Waals surface area contributed by atoms with Crippen LogP contribution in [0.4, 0.5) is 0 Å². The van der Waals surface area contributed by atoms with Gasteiger partial charge in [0.1, 0.15) is 16.7 Å². The molecule has 0 aromatic heterocycles. The molecule has 0 aliphatic carbocycles. The predicted octanol–water partition coefficient (Wildman–Crippen LogP) is 2.45. The van der Waals surface area contributed by atoms with Gasteiger partial charge in [0.2, 0.25) is 10.0 Å².